The average Bonchev–Trinajstić information content (AvgIpc) is 3.40. The molecule has 0 atom stereocenters. The largest absolute Gasteiger partial charge is 0.340 e. The van der Waals surface area contributed by atoms with E-state index >= 15 is 0 Å². The fourth-order valence-corrected chi connectivity index (χ4v) is 4.80. The van der Waals surface area contributed by atoms with Crippen molar-refractivity contribution in [2.45, 2.75) is 18.1 Å². The fourth-order valence-electron chi connectivity index (χ4n) is 4.02. The van der Waals surface area contributed by atoms with E-state index in [1.54, 1.807) is 0 Å². The van der Waals surface area contributed by atoms with Gasteiger partial charge in [-0.1, -0.05) is 66.4 Å². The fraction of sp³-hybridized carbons (Fsp3) is 0.125. The van der Waals surface area contributed by atoms with Gasteiger partial charge in [0.2, 0.25) is 5.91 Å². The molecule has 3 aromatic carbocycles. The molecule has 0 radical (unpaired) electrons. The van der Waals surface area contributed by atoms with Crippen LogP contribution in [0.1, 0.15) is 5.82 Å². The van der Waals surface area contributed by atoms with E-state index < -0.39 is 0 Å². The Kier molecular flexibility index (Phi) is 5.62. The van der Waals surface area contributed by atoms with E-state index in [0.29, 0.717) is 11.6 Å². The molecule has 5 aromatic rings. The smallest absolute Gasteiger partial charge is 0.244 e. The molecule has 0 saturated carbocycles. The second kappa shape index (κ2) is 8.86. The van der Waals surface area contributed by atoms with E-state index in [0.717, 1.165) is 18.1 Å². The minimum absolute atomic E-state index is 0.175. The molecule has 160 valence electrons. The zero-order chi connectivity index (χ0) is 21.9. The van der Waals surface area contributed by atoms with Gasteiger partial charge in [-0.3, -0.25) is 14.8 Å². The minimum Gasteiger partial charge on any atom is -0.340 e. The van der Waals surface area contributed by atoms with Crippen molar-refractivity contribution in [3.63, 3.8) is 0 Å². The standard InChI is InChI=1S/C24H22N6OS/c25-26-23(31)16-32-24-28-27-22(30(24)17-8-2-1-3-9-17)14-15-29-20-12-6-4-10-18(20)19-11-5-7-13-21(19)29/h1-13H,14-16,25H2,(H,26,31). The SMILES string of the molecule is NNC(=O)CSc1nnc(CCn2c3ccccc3c3ccccc32)n1-c1ccccc1. The van der Waals surface area contributed by atoms with Crippen molar-refractivity contribution in [2.24, 2.45) is 5.84 Å². The van der Waals surface area contributed by atoms with Crippen LogP contribution in [0.25, 0.3) is 27.5 Å². The zero-order valence-corrected chi connectivity index (χ0v) is 18.1. The molecule has 0 aliphatic heterocycles. The Morgan fingerprint density at radius 3 is 2.16 bits per heavy atom. The van der Waals surface area contributed by atoms with Crippen molar-refractivity contribution in [2.75, 3.05) is 5.75 Å². The van der Waals surface area contributed by atoms with E-state index in [-0.39, 0.29) is 11.7 Å². The number of amides is 1. The molecule has 0 fully saturated rings. The first-order valence-electron chi connectivity index (χ1n) is 10.3. The summed E-state index contributed by atoms with van der Waals surface area (Å²) in [6, 6.07) is 26.9. The van der Waals surface area contributed by atoms with E-state index in [1.165, 1.54) is 33.6 Å². The number of nitrogens with one attached hydrogen (secondary N) is 1. The number of para-hydroxylation sites is 3. The Labute approximate surface area is 189 Å². The number of thioether (sulfide) groups is 1. The number of hydrazine groups is 1. The Morgan fingerprint density at radius 1 is 0.875 bits per heavy atom. The summed E-state index contributed by atoms with van der Waals surface area (Å²) in [4.78, 5) is 11.7. The van der Waals surface area contributed by atoms with Gasteiger partial charge in [0.1, 0.15) is 5.82 Å². The van der Waals surface area contributed by atoms with Crippen molar-refractivity contribution >= 4 is 39.5 Å². The summed E-state index contributed by atoms with van der Waals surface area (Å²) in [6.45, 7) is 0.757. The molecule has 8 heteroatoms. The number of hydrogen-bond donors (Lipinski definition) is 2. The van der Waals surface area contributed by atoms with Gasteiger partial charge in [0.15, 0.2) is 5.16 Å². The summed E-state index contributed by atoms with van der Waals surface area (Å²) in [5.41, 5.74) is 5.53. The predicted octanol–water partition coefficient (Wildman–Crippen LogP) is 3.70. The third-order valence-corrected chi connectivity index (χ3v) is 6.38. The lowest BCUT2D eigenvalue weighted by Gasteiger charge is -2.11. The van der Waals surface area contributed by atoms with Crippen LogP contribution in [0.3, 0.4) is 0 Å². The van der Waals surface area contributed by atoms with Crippen LogP contribution in [-0.4, -0.2) is 31.0 Å². The molecule has 1 amide bonds. The van der Waals surface area contributed by atoms with Crippen LogP contribution < -0.4 is 11.3 Å². The summed E-state index contributed by atoms with van der Waals surface area (Å²) >= 11 is 1.31. The number of fused-ring (bicyclic) bond motifs is 3. The van der Waals surface area contributed by atoms with Crippen LogP contribution in [0.2, 0.25) is 0 Å². The van der Waals surface area contributed by atoms with Crippen molar-refractivity contribution in [3.8, 4) is 5.69 Å². The minimum atomic E-state index is -0.260. The second-order valence-corrected chi connectivity index (χ2v) is 8.30. The first-order chi connectivity index (χ1) is 15.8. The number of rotatable bonds is 7. The number of benzene rings is 3. The first-order valence-corrected chi connectivity index (χ1v) is 11.3. The maximum atomic E-state index is 11.7. The molecule has 0 aliphatic rings. The Bertz CT molecular complexity index is 1340. The van der Waals surface area contributed by atoms with Gasteiger partial charge in [0.05, 0.1) is 5.75 Å². The molecule has 0 saturated heterocycles. The van der Waals surface area contributed by atoms with Crippen LogP contribution >= 0.6 is 11.8 Å². The molecule has 0 unspecified atom stereocenters. The molecule has 5 rings (SSSR count). The van der Waals surface area contributed by atoms with Gasteiger partial charge < -0.3 is 4.57 Å². The van der Waals surface area contributed by atoms with E-state index in [4.69, 9.17) is 5.84 Å². The van der Waals surface area contributed by atoms with Crippen LogP contribution in [0.15, 0.2) is 84.0 Å². The van der Waals surface area contributed by atoms with Crippen molar-refractivity contribution in [1.29, 1.82) is 0 Å². The van der Waals surface area contributed by atoms with Gasteiger partial charge in [-0.15, -0.1) is 10.2 Å². The Balaban J connectivity index is 1.51. The van der Waals surface area contributed by atoms with E-state index in [9.17, 15) is 4.79 Å². The zero-order valence-electron chi connectivity index (χ0n) is 17.3. The number of carbonyl (C=O) groups excluding carboxylic acids is 1. The molecule has 32 heavy (non-hydrogen) atoms. The molecule has 2 aromatic heterocycles. The molecule has 0 spiro atoms. The monoisotopic (exact) mass is 442 g/mol. The lowest BCUT2D eigenvalue weighted by molar-refractivity contribution is -0.118. The average molecular weight is 443 g/mol. The molecule has 2 heterocycles. The summed E-state index contributed by atoms with van der Waals surface area (Å²) < 4.78 is 4.35. The van der Waals surface area contributed by atoms with Gasteiger partial charge in [-0.05, 0) is 24.3 Å². The third-order valence-electron chi connectivity index (χ3n) is 5.45. The Hall–Kier alpha value is -3.62. The van der Waals surface area contributed by atoms with Crippen LogP contribution in [0, 0.1) is 0 Å². The highest BCUT2D eigenvalue weighted by Crippen LogP contribution is 2.29. The number of nitrogens with two attached hydrogens (primary N) is 1. The van der Waals surface area contributed by atoms with E-state index in [1.807, 2.05) is 34.9 Å². The summed E-state index contributed by atoms with van der Waals surface area (Å²) in [5.74, 6) is 5.98. The van der Waals surface area contributed by atoms with Crippen LogP contribution in [0.4, 0.5) is 0 Å². The number of aromatic nitrogens is 4. The maximum Gasteiger partial charge on any atom is 0.244 e. The highest BCUT2D eigenvalue weighted by molar-refractivity contribution is 7.99. The number of carbonyl (C=O) groups is 1. The quantitative estimate of drug-likeness (QED) is 0.174. The summed E-state index contributed by atoms with van der Waals surface area (Å²) in [6.07, 6.45) is 0.689. The molecule has 0 aliphatic carbocycles. The van der Waals surface area contributed by atoms with Crippen LogP contribution in [-0.2, 0) is 17.8 Å². The molecular weight excluding hydrogens is 420 g/mol. The summed E-state index contributed by atoms with van der Waals surface area (Å²) in [7, 11) is 0. The molecule has 3 N–H and O–H groups in total. The van der Waals surface area contributed by atoms with E-state index in [2.05, 4.69) is 68.7 Å². The predicted molar refractivity (Wildman–Crippen MR) is 128 cm³/mol. The lowest BCUT2D eigenvalue weighted by Crippen LogP contribution is -2.31. The number of hydrogen-bond acceptors (Lipinski definition) is 5. The van der Waals surface area contributed by atoms with Crippen molar-refractivity contribution < 1.29 is 4.79 Å². The second-order valence-electron chi connectivity index (χ2n) is 7.36. The Morgan fingerprint density at radius 2 is 1.50 bits per heavy atom. The molecule has 0 bridgehead atoms. The topological polar surface area (TPSA) is 90.8 Å². The van der Waals surface area contributed by atoms with Gasteiger partial charge in [-0.2, -0.15) is 0 Å². The normalized spacial score (nSPS) is 11.3. The third kappa shape index (κ3) is 3.74. The van der Waals surface area contributed by atoms with Gasteiger partial charge in [0.25, 0.3) is 0 Å². The molecular formula is C24H22N6OS. The lowest BCUT2D eigenvalue weighted by atomic mass is 10.2. The van der Waals surface area contributed by atoms with Crippen LogP contribution in [0.5, 0.6) is 0 Å². The number of nitrogens with zero attached hydrogens (tertiary/aromatic N) is 4. The highest BCUT2D eigenvalue weighted by Gasteiger charge is 2.17. The van der Waals surface area contributed by atoms with Gasteiger partial charge >= 0.3 is 0 Å². The van der Waals surface area contributed by atoms with Gasteiger partial charge in [-0.25, -0.2) is 5.84 Å². The van der Waals surface area contributed by atoms with Crippen molar-refractivity contribution in [3.05, 3.63) is 84.7 Å². The maximum absolute atomic E-state index is 11.7. The number of aryl methyl sites for hydroxylation is 2. The summed E-state index contributed by atoms with van der Waals surface area (Å²) in [5, 5.41) is 12.0. The van der Waals surface area contributed by atoms with Crippen molar-refractivity contribution in [1.82, 2.24) is 24.8 Å². The first kappa shape index (κ1) is 20.3. The van der Waals surface area contributed by atoms with Gasteiger partial charge in [0, 0.05) is 40.5 Å². The molecule has 7 nitrogen and oxygen atoms in total. The highest BCUT2D eigenvalue weighted by atomic mass is 32.2.